The van der Waals surface area contributed by atoms with Crippen molar-refractivity contribution in [3.63, 3.8) is 0 Å². The summed E-state index contributed by atoms with van der Waals surface area (Å²) < 4.78 is 19.9. The molecule has 0 saturated heterocycles. The van der Waals surface area contributed by atoms with Gasteiger partial charge in [0.2, 0.25) is 11.8 Å². The van der Waals surface area contributed by atoms with E-state index < -0.39 is 0 Å². The van der Waals surface area contributed by atoms with Crippen molar-refractivity contribution in [2.45, 2.75) is 40.5 Å². The van der Waals surface area contributed by atoms with Gasteiger partial charge in [0.1, 0.15) is 5.82 Å². The number of halogens is 1. The van der Waals surface area contributed by atoms with Crippen LogP contribution in [0.4, 0.5) is 10.1 Å². The summed E-state index contributed by atoms with van der Waals surface area (Å²) >= 11 is 0. The lowest BCUT2D eigenvalue weighted by molar-refractivity contribution is -0.114. The van der Waals surface area contributed by atoms with Gasteiger partial charge in [-0.15, -0.1) is 10.2 Å². The molecule has 1 aliphatic rings. The summed E-state index contributed by atoms with van der Waals surface area (Å²) in [5.41, 5.74) is 2.73. The molecule has 2 N–H and O–H groups in total. The summed E-state index contributed by atoms with van der Waals surface area (Å²) in [6.45, 7) is 8.49. The molecule has 0 bridgehead atoms. The third-order valence-corrected chi connectivity index (χ3v) is 7.04. The normalized spacial score (nSPS) is 19.4. The number of nitrogens with zero attached hydrogens (tertiary/aromatic N) is 2. The predicted octanol–water partition coefficient (Wildman–Crippen LogP) is 5.66. The Hall–Kier alpha value is -3.81. The summed E-state index contributed by atoms with van der Waals surface area (Å²) in [5, 5.41) is 14.0. The zero-order chi connectivity index (χ0) is 26.5. The molecule has 1 aliphatic carbocycles. The van der Waals surface area contributed by atoms with Crippen LogP contribution in [0.15, 0.2) is 64.6 Å². The number of hydrogen-bond acceptors (Lipinski definition) is 5. The van der Waals surface area contributed by atoms with Crippen molar-refractivity contribution in [2.75, 3.05) is 11.9 Å². The molecule has 0 spiro atoms. The Kier molecular flexibility index (Phi) is 8.16. The molecule has 3 unspecified atom stereocenters. The highest BCUT2D eigenvalue weighted by atomic mass is 19.1. The Morgan fingerprint density at radius 1 is 1.11 bits per heavy atom. The molecule has 2 amide bonds. The average molecular weight is 505 g/mol. The molecular weight excluding hydrogens is 471 g/mol. The second-order valence-electron chi connectivity index (χ2n) is 10.1. The fourth-order valence-corrected chi connectivity index (χ4v) is 5.02. The number of carbonyl (C=O) groups is 2. The van der Waals surface area contributed by atoms with Crippen LogP contribution in [0.5, 0.6) is 0 Å². The van der Waals surface area contributed by atoms with E-state index in [0.717, 1.165) is 6.42 Å². The van der Waals surface area contributed by atoms with E-state index in [1.807, 2.05) is 0 Å². The van der Waals surface area contributed by atoms with Crippen LogP contribution in [-0.4, -0.2) is 28.6 Å². The van der Waals surface area contributed by atoms with Crippen LogP contribution in [0.1, 0.15) is 50.4 Å². The Bertz CT molecular complexity index is 1280. The van der Waals surface area contributed by atoms with Crippen molar-refractivity contribution in [1.82, 2.24) is 15.5 Å². The quantitative estimate of drug-likeness (QED) is 0.386. The number of benzene rings is 2. The number of anilines is 1. The number of hydrogen-bond donors (Lipinski definition) is 2. The Morgan fingerprint density at radius 3 is 2.51 bits per heavy atom. The van der Waals surface area contributed by atoms with Gasteiger partial charge in [-0.1, -0.05) is 37.6 Å². The van der Waals surface area contributed by atoms with E-state index in [0.29, 0.717) is 47.5 Å². The highest BCUT2D eigenvalue weighted by Crippen LogP contribution is 2.39. The minimum Gasteiger partial charge on any atom is -0.421 e. The van der Waals surface area contributed by atoms with E-state index in [2.05, 4.69) is 47.7 Å². The Morgan fingerprint density at radius 2 is 1.84 bits per heavy atom. The number of amides is 2. The van der Waals surface area contributed by atoms with E-state index in [4.69, 9.17) is 4.42 Å². The first kappa shape index (κ1) is 26.3. The van der Waals surface area contributed by atoms with E-state index in [-0.39, 0.29) is 35.4 Å². The molecule has 2 aromatic carbocycles. The average Bonchev–Trinajstić information content (AvgIpc) is 3.32. The van der Waals surface area contributed by atoms with Gasteiger partial charge in [-0.25, -0.2) is 4.39 Å². The van der Waals surface area contributed by atoms with Gasteiger partial charge in [-0.3, -0.25) is 9.59 Å². The van der Waals surface area contributed by atoms with Gasteiger partial charge in [0, 0.05) is 31.1 Å². The molecule has 7 nitrogen and oxygen atoms in total. The summed E-state index contributed by atoms with van der Waals surface area (Å²) in [6.07, 6.45) is 3.78. The molecule has 4 rings (SSSR count). The van der Waals surface area contributed by atoms with E-state index in [1.165, 1.54) is 18.6 Å². The van der Waals surface area contributed by atoms with E-state index in [9.17, 15) is 14.0 Å². The largest absolute Gasteiger partial charge is 0.421 e. The predicted molar refractivity (Wildman–Crippen MR) is 140 cm³/mol. The highest BCUT2D eigenvalue weighted by Gasteiger charge is 2.33. The molecule has 3 atom stereocenters. The molecule has 1 aromatic heterocycles. The summed E-state index contributed by atoms with van der Waals surface area (Å²) in [6, 6.07) is 13.2. The number of nitrogens with one attached hydrogen (secondary N) is 2. The zero-order valence-corrected chi connectivity index (χ0v) is 21.6. The van der Waals surface area contributed by atoms with Crippen LogP contribution in [0, 0.1) is 29.5 Å². The fourth-order valence-electron chi connectivity index (χ4n) is 5.02. The standard InChI is InChI=1S/C29H33FN4O3/c1-17(2)25-14-21(15-27-33-34-29(37-27)24-7-5-6-8-26(24)30)18(3)13-22(25)16-31-28(36)20-9-11-23(12-10-20)32-19(4)35/h5-13,17,21-22,25H,14-16H2,1-4H3,(H,31,36)(H,32,35). The third kappa shape index (κ3) is 6.50. The van der Waals surface area contributed by atoms with Gasteiger partial charge in [0.15, 0.2) is 0 Å². The lowest BCUT2D eigenvalue weighted by atomic mass is 9.70. The topological polar surface area (TPSA) is 97.1 Å². The highest BCUT2D eigenvalue weighted by molar-refractivity contribution is 5.95. The summed E-state index contributed by atoms with van der Waals surface area (Å²) in [4.78, 5) is 24.0. The molecule has 0 radical (unpaired) electrons. The maximum Gasteiger partial charge on any atom is 0.251 e. The summed E-state index contributed by atoms with van der Waals surface area (Å²) in [5.74, 6) is 1.22. The first-order valence-electron chi connectivity index (χ1n) is 12.6. The monoisotopic (exact) mass is 504 g/mol. The molecule has 8 heteroatoms. The molecule has 0 saturated carbocycles. The molecular formula is C29H33FN4O3. The van der Waals surface area contributed by atoms with Gasteiger partial charge in [-0.2, -0.15) is 0 Å². The van der Waals surface area contributed by atoms with Crippen LogP contribution in [0.2, 0.25) is 0 Å². The van der Waals surface area contributed by atoms with Crippen molar-refractivity contribution in [1.29, 1.82) is 0 Å². The maximum absolute atomic E-state index is 14.1. The lowest BCUT2D eigenvalue weighted by Crippen LogP contribution is -2.37. The molecule has 3 aromatic rings. The van der Waals surface area contributed by atoms with Crippen molar-refractivity contribution in [3.8, 4) is 11.5 Å². The number of carbonyl (C=O) groups excluding carboxylic acids is 2. The van der Waals surface area contributed by atoms with Gasteiger partial charge in [0.25, 0.3) is 11.8 Å². The molecule has 0 aliphatic heterocycles. The van der Waals surface area contributed by atoms with E-state index >= 15 is 0 Å². The Labute approximate surface area is 216 Å². The smallest absolute Gasteiger partial charge is 0.251 e. The SMILES string of the molecule is CC(=O)Nc1ccc(C(=O)NCC2C=C(C)C(Cc3nnc(-c4ccccc4F)o3)CC2C(C)C)cc1. The maximum atomic E-state index is 14.1. The van der Waals surface area contributed by atoms with Gasteiger partial charge < -0.3 is 15.1 Å². The molecule has 194 valence electrons. The lowest BCUT2D eigenvalue weighted by Gasteiger charge is -2.37. The van der Waals surface area contributed by atoms with Crippen LogP contribution in [-0.2, 0) is 11.2 Å². The number of aromatic nitrogens is 2. The number of rotatable bonds is 8. The molecule has 1 heterocycles. The summed E-state index contributed by atoms with van der Waals surface area (Å²) in [7, 11) is 0. The fraction of sp³-hybridized carbons (Fsp3) is 0.379. The minimum absolute atomic E-state index is 0.142. The second kappa shape index (κ2) is 11.5. The first-order chi connectivity index (χ1) is 17.7. The van der Waals surface area contributed by atoms with Crippen LogP contribution < -0.4 is 10.6 Å². The van der Waals surface area contributed by atoms with Crippen molar-refractivity contribution >= 4 is 17.5 Å². The van der Waals surface area contributed by atoms with Gasteiger partial charge in [-0.05, 0) is 73.4 Å². The first-order valence-corrected chi connectivity index (χ1v) is 12.6. The second-order valence-corrected chi connectivity index (χ2v) is 10.1. The van der Waals surface area contributed by atoms with Gasteiger partial charge >= 0.3 is 0 Å². The van der Waals surface area contributed by atoms with Crippen molar-refractivity contribution < 1.29 is 18.4 Å². The van der Waals surface area contributed by atoms with E-state index in [1.54, 1.807) is 42.5 Å². The van der Waals surface area contributed by atoms with Crippen molar-refractivity contribution in [3.05, 3.63) is 77.5 Å². The molecule has 37 heavy (non-hydrogen) atoms. The third-order valence-electron chi connectivity index (χ3n) is 7.04. The zero-order valence-electron chi connectivity index (χ0n) is 21.6. The Balaban J connectivity index is 1.41. The molecule has 0 fully saturated rings. The minimum atomic E-state index is -0.389. The van der Waals surface area contributed by atoms with Crippen LogP contribution in [0.3, 0.4) is 0 Å². The van der Waals surface area contributed by atoms with Gasteiger partial charge in [0.05, 0.1) is 5.56 Å². The number of allylic oxidation sites excluding steroid dienone is 1. The van der Waals surface area contributed by atoms with Crippen LogP contribution in [0.25, 0.3) is 11.5 Å². The van der Waals surface area contributed by atoms with Crippen LogP contribution >= 0.6 is 0 Å². The van der Waals surface area contributed by atoms with Crippen molar-refractivity contribution in [2.24, 2.45) is 23.7 Å².